The smallest absolute Gasteiger partial charge is 0.388 e. The fourth-order valence-corrected chi connectivity index (χ4v) is 6.66. The normalized spacial score (nSPS) is 12.0. The average molecular weight is 1180 g/mol. The lowest BCUT2D eigenvalue weighted by molar-refractivity contribution is -0.327. The molecule has 3 aromatic carbocycles. The van der Waals surface area contributed by atoms with Crippen LogP contribution in [0.3, 0.4) is 0 Å². The summed E-state index contributed by atoms with van der Waals surface area (Å²) in [7, 11) is 2.64. The van der Waals surface area contributed by atoms with Crippen LogP contribution in [0.4, 0.5) is 26.3 Å². The molecule has 0 radical (unpaired) electrons. The first kappa shape index (κ1) is 88.7. The van der Waals surface area contributed by atoms with Crippen LogP contribution < -0.4 is 0 Å². The lowest BCUT2D eigenvalue weighted by atomic mass is 9.78. The van der Waals surface area contributed by atoms with Crippen molar-refractivity contribution in [3.63, 3.8) is 0 Å². The van der Waals surface area contributed by atoms with E-state index >= 15 is 0 Å². The number of aryl methyl sites for hydroxylation is 5. The Hall–Kier alpha value is -3.09. The average Bonchev–Trinajstić information content (AvgIpc) is 3.95. The molecule has 0 N–H and O–H groups in total. The summed E-state index contributed by atoms with van der Waals surface area (Å²) >= 11 is 5.48. The molecule has 1 aliphatic rings. The molecule has 1 nitrogen and oxygen atoms in total. The van der Waals surface area contributed by atoms with Crippen molar-refractivity contribution in [1.29, 1.82) is 0 Å². The zero-order chi connectivity index (χ0) is 61.7. The SMILES string of the molecule is C.CC.CC(C)(C(F)(F)F)C(F)(F)F.CC(C)(C)C.CC1(C)CCCCC1.CC=CC.CCC.COC.CSC.C[Si](C)(C)C.Cc1ccc(-c2ccc(C)cc2)cc1.Cc1ccc(-c2ccc(C)s2)s1.Cc1ccccc1. The van der Waals surface area contributed by atoms with E-state index in [0.717, 1.165) is 0 Å². The Morgan fingerprint density at radius 3 is 0.923 bits per heavy atom. The van der Waals surface area contributed by atoms with Crippen LogP contribution in [-0.2, 0) is 4.74 Å². The molecule has 78 heavy (non-hydrogen) atoms. The van der Waals surface area contributed by atoms with Gasteiger partial charge < -0.3 is 4.74 Å². The predicted octanol–water partition coefficient (Wildman–Crippen LogP) is 26.1. The second-order valence-corrected chi connectivity index (χ2v) is 32.1. The zero-order valence-electron chi connectivity index (χ0n) is 53.6. The molecule has 2 heterocycles. The van der Waals surface area contributed by atoms with E-state index in [1.165, 1.54) is 85.9 Å². The topological polar surface area (TPSA) is 9.23 Å². The van der Waals surface area contributed by atoms with E-state index in [9.17, 15) is 26.3 Å². The van der Waals surface area contributed by atoms with E-state index in [0.29, 0.717) is 10.8 Å². The quantitative estimate of drug-likeness (QED) is 0.0990. The van der Waals surface area contributed by atoms with E-state index in [4.69, 9.17) is 0 Å². The molecule has 0 unspecified atom stereocenters. The van der Waals surface area contributed by atoms with Gasteiger partial charge in [-0.2, -0.15) is 38.1 Å². The standard InChI is InChI=1S/C14H14.C10H10S2.C8H16.C7H8.C5H6F6.C5H12.C4H12Si.C4H8.C3H8.C2H6O.C2H6S.C2H6.CH4/c1-11-3-7-13(8-4-11)14-9-5-12(2)6-10-14;1-7-3-5-9(11-7)10-6-4-8(2)12-10;1-8(2)6-4-3-5-7-8;1-7-5-3-2-4-6-7;1-3(2,4(6,7)8)5(9,10)11;2*1-5(2,3)4;1-3-4-2;3*1-3-2;1-2;/h3-10H,1-2H3;3-6H,1-2H3;3-7H2,1-2H3;2-6H,1H3;1-2H3;2*1-4H3;3-4H,1-2H3;3H2,1-2H3;2*1-2H3;1-2H3;1H4. The highest BCUT2D eigenvalue weighted by Gasteiger charge is 2.64. The van der Waals surface area contributed by atoms with Gasteiger partial charge >= 0.3 is 12.4 Å². The molecule has 0 aliphatic heterocycles. The third-order valence-electron chi connectivity index (χ3n) is 9.06. The molecule has 0 bridgehead atoms. The zero-order valence-corrected chi connectivity index (χ0v) is 57.1. The number of ether oxygens (including phenoxy) is 1. The van der Waals surface area contributed by atoms with Crippen LogP contribution in [-0.4, -0.2) is 47.2 Å². The number of thioether (sulfide) groups is 1. The summed E-state index contributed by atoms with van der Waals surface area (Å²) in [5.41, 5.74) is 4.06. The fraction of sp³-hybridized carbons (Fsp3) is 0.582. The first-order valence-electron chi connectivity index (χ1n) is 27.1. The molecule has 1 aliphatic carbocycles. The maximum atomic E-state index is 11.6. The van der Waals surface area contributed by atoms with Gasteiger partial charge in [0.25, 0.3) is 0 Å². The van der Waals surface area contributed by atoms with Gasteiger partial charge in [-0.3, -0.25) is 0 Å². The first-order valence-corrected chi connectivity index (χ1v) is 34.3. The highest BCUT2D eigenvalue weighted by molar-refractivity contribution is 7.97. The van der Waals surface area contributed by atoms with Gasteiger partial charge in [0, 0.05) is 41.8 Å². The molecular formula is C67H116F6OS3Si. The molecule has 2 aromatic heterocycles. The fourth-order valence-electron chi connectivity index (χ4n) is 4.83. The molecule has 454 valence electrons. The van der Waals surface area contributed by atoms with Crippen LogP contribution in [0.15, 0.2) is 115 Å². The summed E-state index contributed by atoms with van der Waals surface area (Å²) in [5.74, 6) is 0. The van der Waals surface area contributed by atoms with Gasteiger partial charge in [0.15, 0.2) is 5.41 Å². The van der Waals surface area contributed by atoms with Crippen LogP contribution in [0.5, 0.6) is 0 Å². The van der Waals surface area contributed by atoms with Crippen molar-refractivity contribution < 1.29 is 31.1 Å². The summed E-state index contributed by atoms with van der Waals surface area (Å²) < 4.78 is 73.9. The van der Waals surface area contributed by atoms with Crippen molar-refractivity contribution in [2.75, 3.05) is 26.7 Å². The van der Waals surface area contributed by atoms with Crippen LogP contribution in [0.1, 0.15) is 169 Å². The summed E-state index contributed by atoms with van der Waals surface area (Å²) in [6.07, 6.45) is 6.15. The highest BCUT2D eigenvalue weighted by Crippen LogP contribution is 2.49. The number of thiophene rings is 2. The lowest BCUT2D eigenvalue weighted by Crippen LogP contribution is -2.44. The van der Waals surface area contributed by atoms with E-state index in [2.05, 4.69) is 206 Å². The minimum atomic E-state index is -5.24. The van der Waals surface area contributed by atoms with Crippen molar-refractivity contribution >= 4 is 42.5 Å². The number of rotatable bonds is 2. The van der Waals surface area contributed by atoms with Gasteiger partial charge in [-0.15, -0.1) is 22.7 Å². The van der Waals surface area contributed by atoms with Crippen LogP contribution in [0.25, 0.3) is 20.9 Å². The number of methoxy groups -OCH3 is 1. The van der Waals surface area contributed by atoms with Gasteiger partial charge in [0.05, 0.1) is 0 Å². The largest absolute Gasteiger partial charge is 0.402 e. The summed E-state index contributed by atoms with van der Waals surface area (Å²) in [4.78, 5) is 5.56. The monoisotopic (exact) mass is 1170 g/mol. The van der Waals surface area contributed by atoms with E-state index < -0.39 is 25.8 Å². The molecule has 1 fully saturated rings. The molecule has 5 aromatic rings. The molecule has 1 saturated carbocycles. The second-order valence-electron chi connectivity index (χ2n) is 22.7. The van der Waals surface area contributed by atoms with Crippen molar-refractivity contribution in [3.8, 4) is 20.9 Å². The molecule has 0 atom stereocenters. The van der Waals surface area contributed by atoms with Crippen molar-refractivity contribution in [2.24, 2.45) is 16.2 Å². The van der Waals surface area contributed by atoms with E-state index in [1.807, 2.05) is 93.2 Å². The molecule has 0 saturated heterocycles. The van der Waals surface area contributed by atoms with Crippen molar-refractivity contribution in [3.05, 3.63) is 142 Å². The van der Waals surface area contributed by atoms with E-state index in [1.54, 1.807) is 26.0 Å². The highest BCUT2D eigenvalue weighted by atomic mass is 32.2. The van der Waals surface area contributed by atoms with Gasteiger partial charge in [-0.1, -0.05) is 236 Å². The Bertz CT molecular complexity index is 1910. The number of hydrogen-bond donors (Lipinski definition) is 0. The Morgan fingerprint density at radius 2 is 0.782 bits per heavy atom. The number of benzene rings is 3. The first-order chi connectivity index (χ1) is 35.3. The number of halogens is 6. The minimum absolute atomic E-state index is 0. The minimum Gasteiger partial charge on any atom is -0.388 e. The van der Waals surface area contributed by atoms with Gasteiger partial charge in [-0.05, 0) is 134 Å². The Kier molecular flexibility index (Phi) is 56.5. The molecule has 6 rings (SSSR count). The Labute approximate surface area is 492 Å². The van der Waals surface area contributed by atoms with Crippen molar-refractivity contribution in [1.82, 2.24) is 0 Å². The maximum absolute atomic E-state index is 11.6. The maximum Gasteiger partial charge on any atom is 0.402 e. The van der Waals surface area contributed by atoms with E-state index in [-0.39, 0.29) is 21.3 Å². The Morgan fingerprint density at radius 1 is 0.538 bits per heavy atom. The number of allylic oxidation sites excluding steroid dienone is 2. The third kappa shape index (κ3) is 59.0. The second kappa shape index (κ2) is 49.7. The van der Waals surface area contributed by atoms with Gasteiger partial charge in [0.2, 0.25) is 0 Å². The lowest BCUT2D eigenvalue weighted by Gasteiger charge is -2.29. The number of alkyl halides is 6. The summed E-state index contributed by atoms with van der Waals surface area (Å²) in [6, 6.07) is 36.3. The number of hydrogen-bond acceptors (Lipinski definition) is 4. The summed E-state index contributed by atoms with van der Waals surface area (Å²) in [6.45, 7) is 45.9. The van der Waals surface area contributed by atoms with Crippen LogP contribution in [0.2, 0.25) is 26.2 Å². The van der Waals surface area contributed by atoms with Crippen LogP contribution >= 0.6 is 34.4 Å². The Balaban J connectivity index is -0.000000147. The molecule has 0 spiro atoms. The van der Waals surface area contributed by atoms with Gasteiger partial charge in [0.1, 0.15) is 0 Å². The molecular weight excluding hydrogens is 1060 g/mol. The van der Waals surface area contributed by atoms with Crippen molar-refractivity contribution in [2.45, 2.75) is 216 Å². The molecule has 11 heteroatoms. The predicted molar refractivity (Wildman–Crippen MR) is 354 cm³/mol. The third-order valence-corrected chi connectivity index (χ3v) is 11.3. The van der Waals surface area contributed by atoms with Crippen LogP contribution in [0, 0.1) is 50.9 Å². The molecule has 0 amide bonds. The summed E-state index contributed by atoms with van der Waals surface area (Å²) in [5, 5.41) is 0. The van der Waals surface area contributed by atoms with Gasteiger partial charge in [-0.25, -0.2) is 0 Å².